The van der Waals surface area contributed by atoms with E-state index in [1.54, 1.807) is 31.5 Å². The molecule has 0 fully saturated rings. The fourth-order valence-corrected chi connectivity index (χ4v) is 6.01. The van der Waals surface area contributed by atoms with Gasteiger partial charge in [-0.1, -0.05) is 180 Å². The van der Waals surface area contributed by atoms with Gasteiger partial charge >= 0.3 is 36.2 Å². The number of aliphatic hydroxyl groups excluding tert-OH is 2. The molecule has 1 aromatic rings. The first-order valence-electron chi connectivity index (χ1n) is 27.3. The Morgan fingerprint density at radius 2 is 0.675 bits per heavy atom. The van der Waals surface area contributed by atoms with E-state index in [4.69, 9.17) is 19.7 Å². The number of pyridine rings is 1. The van der Waals surface area contributed by atoms with Crippen LogP contribution in [0.2, 0.25) is 0 Å². The number of esters is 4. The van der Waals surface area contributed by atoms with Crippen LogP contribution < -0.4 is 0 Å². The summed E-state index contributed by atoms with van der Waals surface area (Å²) in [7, 11) is 0. The zero-order chi connectivity index (χ0) is 59.8. The first-order chi connectivity index (χ1) is 38.5. The van der Waals surface area contributed by atoms with Crippen LogP contribution in [0, 0.1) is 11.8 Å². The molecule has 1 heterocycles. The van der Waals surface area contributed by atoms with Crippen LogP contribution in [-0.4, -0.2) is 90.1 Å². The Balaban J connectivity index is 0. The maximum Gasteiger partial charge on any atom is 0.490 e. The normalized spacial score (nSPS) is 13.5. The zero-order valence-electron chi connectivity index (χ0n) is 47.1. The van der Waals surface area contributed by atoms with Gasteiger partial charge < -0.3 is 29.2 Å². The molecule has 0 amide bonds. The maximum atomic E-state index is 12.5. The second-order valence-corrected chi connectivity index (χ2v) is 17.2. The number of hydrogen-bond donors (Lipinski definition) is 2. The molecule has 0 radical (unpaired) electrons. The summed E-state index contributed by atoms with van der Waals surface area (Å²) in [5.41, 5.74) is 0. The summed E-state index contributed by atoms with van der Waals surface area (Å²) in [4.78, 5) is 50.1. The first kappa shape index (κ1) is 75.5. The third-order valence-electron chi connectivity index (χ3n) is 10.5. The summed E-state index contributed by atoms with van der Waals surface area (Å²) in [6, 6.07) is 5.72. The topological polar surface area (TPSA) is 159 Å². The van der Waals surface area contributed by atoms with Gasteiger partial charge in [-0.15, -0.1) is 0 Å². The lowest BCUT2D eigenvalue weighted by atomic mass is 10.0. The molecule has 1 rings (SSSR count). The van der Waals surface area contributed by atoms with Gasteiger partial charge in [0.15, 0.2) is 6.10 Å². The second-order valence-electron chi connectivity index (χ2n) is 17.2. The predicted molar refractivity (Wildman–Crippen MR) is 305 cm³/mol. The number of alkyl halides is 6. The van der Waals surface area contributed by atoms with Crippen LogP contribution in [0.25, 0.3) is 0 Å². The van der Waals surface area contributed by atoms with Crippen molar-refractivity contribution in [2.45, 2.75) is 155 Å². The molecule has 0 bridgehead atoms. The molecule has 1 aromatic heterocycles. The number of halogens is 6. The fraction of sp³-hybridized carbons (Fsp3) is 0.476. The average molecular weight is 1130 g/mol. The minimum absolute atomic E-state index is 0.178. The SMILES string of the molecule is CC/C=C\C/C=C\C/C=C\C/C=C\C/C=C\C/C=C\CC(CC)C(=O)OC(CO)CO.CC/C=C\C/C=C\C/C=C\C/C=C\C/C=C\C/C=C\CC(CC)C(=O)OC(COC(=O)C(F)(F)F)COC(=O)C(F)(F)F.c1ccncc1. The Kier molecular flexibility index (Phi) is 50.1. The highest BCUT2D eigenvalue weighted by molar-refractivity contribution is 5.76. The van der Waals surface area contributed by atoms with Crippen molar-refractivity contribution in [1.29, 1.82) is 0 Å². The van der Waals surface area contributed by atoms with Crippen molar-refractivity contribution in [3.8, 4) is 0 Å². The first-order valence-corrected chi connectivity index (χ1v) is 27.3. The van der Waals surface area contributed by atoms with Crippen molar-refractivity contribution >= 4 is 23.9 Å². The standard InChI is InChI=1S/C31H40F6O6.C27H42O4.C5H5N/c1-3-5-6-7-8-9-10-11-12-13-14-15-16-17-18-19-20-21-22-25(4-2)27(38)43-26(23-41-28(39)30(32,33)34)24-42-29(40)31(35,36)37;1-3-5-6-7-8-9-10-11-12-13-14-15-16-17-18-19-20-21-22-25(4-2)27(30)31-26(23-28)24-29;1-2-4-6-5-3-1/h5-6,8-9,11-12,14-15,17-18,20-21,25-26H,3-4,7,10,13,16,19,22-24H2,1-2H3;5-6,8-9,11-12,14-15,17-18,20-21,25-26,28-29H,3-4,7,10,13,16,19,22-24H2,1-2H3;1-5H/b2*6-5-,9-8-,12-11-,15-14-,18-17-,21-20-;. The van der Waals surface area contributed by atoms with Crippen molar-refractivity contribution in [3.05, 3.63) is 176 Å². The van der Waals surface area contributed by atoms with Crippen LogP contribution in [0.3, 0.4) is 0 Å². The molecule has 17 heteroatoms. The Hall–Kier alpha value is -6.59. The number of nitrogens with zero attached hydrogens (tertiary/aromatic N) is 1. The molecule has 11 nitrogen and oxygen atoms in total. The van der Waals surface area contributed by atoms with Gasteiger partial charge in [0.05, 0.1) is 25.0 Å². The highest BCUT2D eigenvalue weighted by atomic mass is 19.4. The molecular formula is C63H87F6NO10. The number of hydrogen-bond acceptors (Lipinski definition) is 11. The molecule has 0 saturated heterocycles. The van der Waals surface area contributed by atoms with E-state index in [0.29, 0.717) is 19.3 Å². The van der Waals surface area contributed by atoms with E-state index in [9.17, 15) is 45.5 Å². The number of aromatic nitrogens is 1. The van der Waals surface area contributed by atoms with Gasteiger partial charge in [0, 0.05) is 12.4 Å². The highest BCUT2D eigenvalue weighted by Gasteiger charge is 2.43. The number of rotatable bonds is 38. The lowest BCUT2D eigenvalue weighted by Crippen LogP contribution is -2.37. The molecule has 0 aromatic carbocycles. The summed E-state index contributed by atoms with van der Waals surface area (Å²) < 4.78 is 92.2. The molecule has 2 unspecified atom stereocenters. The van der Waals surface area contributed by atoms with Gasteiger partial charge in [0.2, 0.25) is 0 Å². The number of aliphatic hydroxyl groups is 2. The van der Waals surface area contributed by atoms with Crippen molar-refractivity contribution in [2.75, 3.05) is 26.4 Å². The maximum absolute atomic E-state index is 12.5. The molecule has 0 aliphatic rings. The smallest absolute Gasteiger partial charge is 0.457 e. The van der Waals surface area contributed by atoms with Crippen LogP contribution in [0.4, 0.5) is 26.3 Å². The molecule has 446 valence electrons. The van der Waals surface area contributed by atoms with Crippen molar-refractivity contribution in [3.63, 3.8) is 0 Å². The van der Waals surface area contributed by atoms with Gasteiger partial charge in [-0.05, 0) is 115 Å². The monoisotopic (exact) mass is 1130 g/mol. The summed E-state index contributed by atoms with van der Waals surface area (Å²) in [5, 5.41) is 18.0. The summed E-state index contributed by atoms with van der Waals surface area (Å²) in [6.45, 7) is 4.56. The van der Waals surface area contributed by atoms with Crippen LogP contribution in [-0.2, 0) is 38.1 Å². The van der Waals surface area contributed by atoms with Gasteiger partial charge in [-0.2, -0.15) is 26.3 Å². The van der Waals surface area contributed by atoms with E-state index in [0.717, 1.165) is 70.6 Å². The van der Waals surface area contributed by atoms with Crippen LogP contribution in [0.1, 0.15) is 130 Å². The Morgan fingerprint density at radius 3 is 0.887 bits per heavy atom. The second kappa shape index (κ2) is 53.1. The minimum Gasteiger partial charge on any atom is -0.457 e. The van der Waals surface area contributed by atoms with Crippen molar-refractivity contribution in [1.82, 2.24) is 4.98 Å². The largest absolute Gasteiger partial charge is 0.490 e. The Bertz CT molecular complexity index is 2040. The number of allylic oxidation sites excluding steroid dienone is 24. The quantitative estimate of drug-likeness (QED) is 0.0281. The van der Waals surface area contributed by atoms with Gasteiger partial charge in [0.1, 0.15) is 19.3 Å². The van der Waals surface area contributed by atoms with Gasteiger partial charge in [-0.25, -0.2) is 9.59 Å². The van der Waals surface area contributed by atoms with E-state index in [-0.39, 0.29) is 37.9 Å². The van der Waals surface area contributed by atoms with E-state index in [2.05, 4.69) is 132 Å². The van der Waals surface area contributed by atoms with Crippen LogP contribution in [0.5, 0.6) is 0 Å². The molecule has 2 N–H and O–H groups in total. The zero-order valence-corrected chi connectivity index (χ0v) is 47.1. The lowest BCUT2D eigenvalue weighted by molar-refractivity contribution is -0.210. The highest BCUT2D eigenvalue weighted by Crippen LogP contribution is 2.20. The average Bonchev–Trinajstić information content (AvgIpc) is 3.44. The third-order valence-corrected chi connectivity index (χ3v) is 10.5. The number of carbonyl (C=O) groups excluding carboxylic acids is 4. The van der Waals surface area contributed by atoms with E-state index in [1.807, 2.05) is 55.5 Å². The van der Waals surface area contributed by atoms with E-state index in [1.165, 1.54) is 0 Å². The predicted octanol–water partition coefficient (Wildman–Crippen LogP) is 15.3. The summed E-state index contributed by atoms with van der Waals surface area (Å²) in [6.07, 6.45) is 52.5. The summed E-state index contributed by atoms with van der Waals surface area (Å²) >= 11 is 0. The Labute approximate surface area is 471 Å². The van der Waals surface area contributed by atoms with Gasteiger partial charge in [-0.3, -0.25) is 14.6 Å². The minimum atomic E-state index is -5.38. The lowest BCUT2D eigenvalue weighted by Gasteiger charge is -2.21. The number of ether oxygens (including phenoxy) is 4. The van der Waals surface area contributed by atoms with Gasteiger partial charge in [0.25, 0.3) is 0 Å². The van der Waals surface area contributed by atoms with Crippen molar-refractivity contribution in [2.24, 2.45) is 11.8 Å². The van der Waals surface area contributed by atoms with E-state index < -0.39 is 61.6 Å². The van der Waals surface area contributed by atoms with Crippen LogP contribution >= 0.6 is 0 Å². The van der Waals surface area contributed by atoms with Crippen molar-refractivity contribution < 1.29 is 74.7 Å². The Morgan fingerprint density at radius 1 is 0.412 bits per heavy atom. The molecule has 0 aliphatic heterocycles. The molecule has 0 aliphatic carbocycles. The fourth-order valence-electron chi connectivity index (χ4n) is 6.01. The molecule has 0 saturated carbocycles. The van der Waals surface area contributed by atoms with E-state index >= 15 is 0 Å². The summed E-state index contributed by atoms with van der Waals surface area (Å²) in [5.74, 6) is -7.64. The molecule has 0 spiro atoms. The third kappa shape index (κ3) is 48.5. The molecule has 2 atom stereocenters. The molecular weight excluding hydrogens is 1040 g/mol. The number of carbonyl (C=O) groups is 4. The van der Waals surface area contributed by atoms with Crippen LogP contribution in [0.15, 0.2) is 176 Å². The molecule has 80 heavy (non-hydrogen) atoms.